The van der Waals surface area contributed by atoms with Crippen molar-refractivity contribution >= 4 is 23.5 Å². The van der Waals surface area contributed by atoms with Gasteiger partial charge in [-0.2, -0.15) is 5.10 Å². The molecule has 0 bridgehead atoms. The minimum atomic E-state index is -0.531. The molecule has 1 unspecified atom stereocenters. The van der Waals surface area contributed by atoms with Crippen molar-refractivity contribution in [1.29, 1.82) is 0 Å². The first kappa shape index (κ1) is 26.2. The van der Waals surface area contributed by atoms with Crippen molar-refractivity contribution in [2.24, 2.45) is 0 Å². The van der Waals surface area contributed by atoms with Crippen LogP contribution in [0.3, 0.4) is 0 Å². The molecular formula is C28H36N6O3. The lowest BCUT2D eigenvalue weighted by Gasteiger charge is -2.34. The maximum absolute atomic E-state index is 12.3. The summed E-state index contributed by atoms with van der Waals surface area (Å²) in [5, 5.41) is 8.04. The third-order valence-electron chi connectivity index (χ3n) is 6.28. The number of fused-ring (bicyclic) bond motifs is 1. The smallest absolute Gasteiger partial charge is 0.410 e. The van der Waals surface area contributed by atoms with Gasteiger partial charge in [0.05, 0.1) is 18.8 Å². The highest BCUT2D eigenvalue weighted by Crippen LogP contribution is 2.38. The molecule has 9 heteroatoms. The molecule has 196 valence electrons. The van der Waals surface area contributed by atoms with Gasteiger partial charge in [-0.25, -0.2) is 9.78 Å². The fraction of sp³-hybridized carbons (Fsp3) is 0.429. The van der Waals surface area contributed by atoms with E-state index in [-0.39, 0.29) is 18.0 Å². The number of nitrogens with one attached hydrogen (secondary N) is 1. The van der Waals surface area contributed by atoms with Crippen molar-refractivity contribution in [3.63, 3.8) is 0 Å². The van der Waals surface area contributed by atoms with E-state index in [1.165, 1.54) is 0 Å². The average Bonchev–Trinajstić information content (AvgIpc) is 3.31. The average molecular weight is 505 g/mol. The van der Waals surface area contributed by atoms with Gasteiger partial charge in [-0.15, -0.1) is 0 Å². The molecule has 3 heterocycles. The number of carbonyl (C=O) groups is 2. The lowest BCUT2D eigenvalue weighted by Crippen LogP contribution is -2.36. The van der Waals surface area contributed by atoms with Crippen molar-refractivity contribution in [2.75, 3.05) is 30.4 Å². The van der Waals surface area contributed by atoms with Crippen LogP contribution >= 0.6 is 0 Å². The maximum atomic E-state index is 12.3. The quantitative estimate of drug-likeness (QED) is 0.506. The second kappa shape index (κ2) is 10.6. The van der Waals surface area contributed by atoms with Gasteiger partial charge >= 0.3 is 6.09 Å². The van der Waals surface area contributed by atoms with Crippen LogP contribution in [0.25, 0.3) is 11.1 Å². The van der Waals surface area contributed by atoms with Gasteiger partial charge < -0.3 is 19.9 Å². The fourth-order valence-electron chi connectivity index (χ4n) is 4.32. The van der Waals surface area contributed by atoms with E-state index in [9.17, 15) is 9.59 Å². The molecule has 0 saturated carbocycles. The Kier molecular flexibility index (Phi) is 7.52. The first-order valence-electron chi connectivity index (χ1n) is 12.6. The van der Waals surface area contributed by atoms with Gasteiger partial charge in [-0.1, -0.05) is 12.1 Å². The molecule has 0 fully saturated rings. The summed E-state index contributed by atoms with van der Waals surface area (Å²) in [6.07, 6.45) is 6.07. The van der Waals surface area contributed by atoms with Crippen LogP contribution in [0.4, 0.5) is 16.3 Å². The highest BCUT2D eigenvalue weighted by atomic mass is 16.6. The van der Waals surface area contributed by atoms with Crippen LogP contribution in [0, 0.1) is 6.92 Å². The largest absolute Gasteiger partial charge is 0.444 e. The summed E-state index contributed by atoms with van der Waals surface area (Å²) in [6.45, 7) is 10.8. The minimum absolute atomic E-state index is 0.0262. The Morgan fingerprint density at radius 3 is 2.62 bits per heavy atom. The molecule has 0 aliphatic carbocycles. The number of likely N-dealkylation sites (N-methyl/N-ethyl adjacent to an activating group) is 1. The zero-order chi connectivity index (χ0) is 26.7. The molecule has 0 spiro atoms. The molecular weight excluding hydrogens is 468 g/mol. The Morgan fingerprint density at radius 1 is 1.16 bits per heavy atom. The van der Waals surface area contributed by atoms with E-state index < -0.39 is 5.60 Å². The van der Waals surface area contributed by atoms with Crippen LogP contribution in [-0.4, -0.2) is 57.4 Å². The Labute approximate surface area is 218 Å². The molecule has 1 aliphatic heterocycles. The first-order chi connectivity index (χ1) is 17.5. The van der Waals surface area contributed by atoms with Crippen molar-refractivity contribution in [2.45, 2.75) is 59.2 Å². The van der Waals surface area contributed by atoms with Gasteiger partial charge in [0.25, 0.3) is 0 Å². The van der Waals surface area contributed by atoms with E-state index in [4.69, 9.17) is 4.74 Å². The molecule has 1 aromatic carbocycles. The minimum Gasteiger partial charge on any atom is -0.444 e. The number of aryl methyl sites for hydroxylation is 1. The third kappa shape index (κ3) is 6.47. The molecule has 1 aliphatic rings. The molecule has 0 radical (unpaired) electrons. The molecule has 9 nitrogen and oxygen atoms in total. The summed E-state index contributed by atoms with van der Waals surface area (Å²) in [7, 11) is 1.72. The van der Waals surface area contributed by atoms with Crippen LogP contribution in [0.15, 0.2) is 48.9 Å². The first-order valence-corrected chi connectivity index (χ1v) is 12.6. The zero-order valence-corrected chi connectivity index (χ0v) is 22.5. The number of hydrogen-bond donors (Lipinski definition) is 1. The predicted molar refractivity (Wildman–Crippen MR) is 145 cm³/mol. The molecule has 1 N–H and O–H groups in total. The monoisotopic (exact) mass is 504 g/mol. The predicted octanol–water partition coefficient (Wildman–Crippen LogP) is 5.03. The van der Waals surface area contributed by atoms with E-state index in [0.717, 1.165) is 40.2 Å². The molecule has 2 aromatic heterocycles. The normalized spacial score (nSPS) is 15.2. The zero-order valence-electron chi connectivity index (χ0n) is 22.5. The van der Waals surface area contributed by atoms with Gasteiger partial charge in [-0.05, 0) is 69.0 Å². The molecule has 37 heavy (non-hydrogen) atoms. The van der Waals surface area contributed by atoms with E-state index >= 15 is 0 Å². The number of amides is 2. The van der Waals surface area contributed by atoms with Crippen LogP contribution < -0.4 is 10.2 Å². The third-order valence-corrected chi connectivity index (χ3v) is 6.28. The molecule has 3 aromatic rings. The number of anilines is 2. The molecule has 1 atom stereocenters. The number of pyridine rings is 1. The summed E-state index contributed by atoms with van der Waals surface area (Å²) in [5.74, 6) is 0.841. The summed E-state index contributed by atoms with van der Waals surface area (Å²) in [4.78, 5) is 32.4. The van der Waals surface area contributed by atoms with Crippen LogP contribution in [0.2, 0.25) is 0 Å². The number of carbonyl (C=O) groups excluding carboxylic acids is 2. The number of benzene rings is 1. The lowest BCUT2D eigenvalue weighted by atomic mass is 9.93. The number of aromatic nitrogens is 3. The molecule has 4 rings (SSSR count). The van der Waals surface area contributed by atoms with Crippen molar-refractivity contribution in [3.05, 3.63) is 60.0 Å². The fourth-order valence-corrected chi connectivity index (χ4v) is 4.32. The van der Waals surface area contributed by atoms with Crippen molar-refractivity contribution < 1.29 is 14.3 Å². The van der Waals surface area contributed by atoms with Crippen LogP contribution in [0.1, 0.15) is 51.3 Å². The van der Waals surface area contributed by atoms with Gasteiger partial charge in [0.15, 0.2) is 0 Å². The van der Waals surface area contributed by atoms with E-state index in [1.807, 2.05) is 80.1 Å². The van der Waals surface area contributed by atoms with E-state index in [2.05, 4.69) is 21.5 Å². The van der Waals surface area contributed by atoms with Crippen molar-refractivity contribution in [3.8, 4) is 11.1 Å². The van der Waals surface area contributed by atoms with Crippen LogP contribution in [0.5, 0.6) is 0 Å². The second-order valence-corrected chi connectivity index (χ2v) is 10.5. The van der Waals surface area contributed by atoms with Crippen LogP contribution in [-0.2, 0) is 16.1 Å². The number of nitrogens with zero attached hydrogens (tertiary/aromatic N) is 5. The Hall–Kier alpha value is -3.88. The van der Waals surface area contributed by atoms with Gasteiger partial charge in [-0.3, -0.25) is 9.48 Å². The number of ether oxygens (including phenoxy) is 1. The summed E-state index contributed by atoms with van der Waals surface area (Å²) in [5.41, 5.74) is 4.53. The van der Waals surface area contributed by atoms with Gasteiger partial charge in [0.1, 0.15) is 11.4 Å². The molecule has 0 saturated heterocycles. The van der Waals surface area contributed by atoms with Gasteiger partial charge in [0, 0.05) is 50.7 Å². The standard InChI is InChI=1S/C28H36N6O3/c1-19-7-10-26(29-16-19)31-24-11-12-34(20(2)35)25-9-8-21(15-23(24)25)22-17-30-33(18-22)14-13-32(6)27(36)37-28(3,4)5/h7-10,15-18,24H,11-14H2,1-6H3,(H,29,31). The van der Waals surface area contributed by atoms with E-state index in [1.54, 1.807) is 18.9 Å². The number of rotatable bonds is 6. The summed E-state index contributed by atoms with van der Waals surface area (Å²) >= 11 is 0. The Bertz CT molecular complexity index is 1260. The molecule has 2 amide bonds. The SMILES string of the molecule is CC(=O)N1CCC(Nc2ccc(C)cn2)c2cc(-c3cnn(CCN(C)C(=O)OC(C)(C)C)c3)ccc21. The lowest BCUT2D eigenvalue weighted by molar-refractivity contribution is -0.116. The highest BCUT2D eigenvalue weighted by Gasteiger charge is 2.28. The topological polar surface area (TPSA) is 92.6 Å². The highest BCUT2D eigenvalue weighted by molar-refractivity contribution is 5.93. The Balaban J connectivity index is 1.52. The summed E-state index contributed by atoms with van der Waals surface area (Å²) in [6, 6.07) is 10.2. The maximum Gasteiger partial charge on any atom is 0.410 e. The summed E-state index contributed by atoms with van der Waals surface area (Å²) < 4.78 is 7.24. The van der Waals surface area contributed by atoms with Crippen molar-refractivity contribution in [1.82, 2.24) is 19.7 Å². The Morgan fingerprint density at radius 2 is 1.95 bits per heavy atom. The van der Waals surface area contributed by atoms with E-state index in [0.29, 0.717) is 19.6 Å². The van der Waals surface area contributed by atoms with Gasteiger partial charge in [0.2, 0.25) is 5.91 Å². The number of hydrogen-bond acceptors (Lipinski definition) is 6. The second-order valence-electron chi connectivity index (χ2n) is 10.5.